The number of rotatable bonds is 11. The molecule has 0 radical (unpaired) electrons. The molecule has 0 saturated heterocycles. The molecule has 0 saturated carbocycles. The van der Waals surface area contributed by atoms with E-state index in [-0.39, 0.29) is 18.8 Å². The molecule has 0 spiro atoms. The van der Waals surface area contributed by atoms with Crippen molar-refractivity contribution in [1.29, 1.82) is 0 Å². The minimum Gasteiger partial charge on any atom is -0.480 e. The smallest absolute Gasteiger partial charge is 0.326 e. The van der Waals surface area contributed by atoms with Crippen LogP contribution >= 0.6 is 0 Å². The first-order chi connectivity index (χ1) is 14.3. The summed E-state index contributed by atoms with van der Waals surface area (Å²) in [5, 5.41) is 14.7. The van der Waals surface area contributed by atoms with Crippen LogP contribution < -0.4 is 16.4 Å². The lowest BCUT2D eigenvalue weighted by molar-refractivity contribution is -0.142. The summed E-state index contributed by atoms with van der Waals surface area (Å²) in [6, 6.07) is 6.17. The monoisotopic (exact) mass is 415 g/mol. The van der Waals surface area contributed by atoms with Crippen LogP contribution in [0.25, 0.3) is 0 Å². The molecule has 6 N–H and O–H groups in total. The standard InChI is InChI=1S/C21H29N5O4/c1-13(2)8-17(25-19(27)16(22)10-15-11-23-12-24-15)20(28)26-18(21(29)30)9-14-6-4-3-5-7-14/h3-7,11-13,16-18H,8-10,22H2,1-2H3,(H,23,24)(H,25,27)(H,26,28)(H,29,30)/t16-,17-,18-/m0/s1. The first-order valence-corrected chi connectivity index (χ1v) is 9.86. The summed E-state index contributed by atoms with van der Waals surface area (Å²) >= 11 is 0. The average Bonchev–Trinajstić information content (AvgIpc) is 3.20. The third kappa shape index (κ3) is 7.32. The van der Waals surface area contributed by atoms with E-state index in [9.17, 15) is 19.5 Å². The number of imidazole rings is 1. The predicted molar refractivity (Wildman–Crippen MR) is 111 cm³/mol. The number of aromatic nitrogens is 2. The van der Waals surface area contributed by atoms with Crippen LogP contribution in [0.5, 0.6) is 0 Å². The van der Waals surface area contributed by atoms with E-state index in [1.54, 1.807) is 30.5 Å². The Morgan fingerprint density at radius 3 is 2.30 bits per heavy atom. The van der Waals surface area contributed by atoms with Gasteiger partial charge in [0.2, 0.25) is 11.8 Å². The summed E-state index contributed by atoms with van der Waals surface area (Å²) in [5.41, 5.74) is 7.45. The van der Waals surface area contributed by atoms with Gasteiger partial charge in [-0.1, -0.05) is 44.2 Å². The molecule has 1 heterocycles. The van der Waals surface area contributed by atoms with Gasteiger partial charge in [0.25, 0.3) is 0 Å². The lowest BCUT2D eigenvalue weighted by Crippen LogP contribution is -2.55. The molecule has 1 aromatic carbocycles. The van der Waals surface area contributed by atoms with Crippen molar-refractivity contribution in [3.05, 3.63) is 54.1 Å². The van der Waals surface area contributed by atoms with Gasteiger partial charge in [0.15, 0.2) is 0 Å². The van der Waals surface area contributed by atoms with Crippen LogP contribution in [0.4, 0.5) is 0 Å². The zero-order chi connectivity index (χ0) is 22.1. The second kappa shape index (κ2) is 11.1. The maximum Gasteiger partial charge on any atom is 0.326 e. The zero-order valence-corrected chi connectivity index (χ0v) is 17.2. The zero-order valence-electron chi connectivity index (χ0n) is 17.2. The summed E-state index contributed by atoms with van der Waals surface area (Å²) in [6.07, 6.45) is 3.81. The fourth-order valence-corrected chi connectivity index (χ4v) is 3.03. The number of carboxylic acids is 1. The molecule has 0 unspecified atom stereocenters. The minimum atomic E-state index is -1.14. The second-order valence-electron chi connectivity index (χ2n) is 7.67. The third-order valence-electron chi connectivity index (χ3n) is 4.57. The molecule has 9 heteroatoms. The molecule has 0 aliphatic rings. The fraction of sp³-hybridized carbons (Fsp3) is 0.429. The quantitative estimate of drug-likeness (QED) is 0.363. The van der Waals surface area contributed by atoms with Gasteiger partial charge in [-0.05, 0) is 17.9 Å². The molecule has 9 nitrogen and oxygen atoms in total. The van der Waals surface area contributed by atoms with E-state index in [1.807, 2.05) is 19.9 Å². The molecule has 0 aliphatic heterocycles. The van der Waals surface area contributed by atoms with E-state index < -0.39 is 35.9 Å². The highest BCUT2D eigenvalue weighted by molar-refractivity contribution is 5.91. The molecular formula is C21H29N5O4. The number of aliphatic carboxylic acids is 1. The average molecular weight is 415 g/mol. The lowest BCUT2D eigenvalue weighted by atomic mass is 10.0. The molecular weight excluding hydrogens is 386 g/mol. The number of nitrogens with one attached hydrogen (secondary N) is 3. The van der Waals surface area contributed by atoms with Gasteiger partial charge in [-0.25, -0.2) is 9.78 Å². The van der Waals surface area contributed by atoms with Crippen LogP contribution in [0.2, 0.25) is 0 Å². The van der Waals surface area contributed by atoms with Crippen molar-refractivity contribution < 1.29 is 19.5 Å². The molecule has 0 aliphatic carbocycles. The van der Waals surface area contributed by atoms with Gasteiger partial charge in [-0.15, -0.1) is 0 Å². The van der Waals surface area contributed by atoms with Gasteiger partial charge >= 0.3 is 5.97 Å². The van der Waals surface area contributed by atoms with E-state index >= 15 is 0 Å². The van der Waals surface area contributed by atoms with Crippen molar-refractivity contribution in [2.24, 2.45) is 11.7 Å². The fourth-order valence-electron chi connectivity index (χ4n) is 3.03. The lowest BCUT2D eigenvalue weighted by Gasteiger charge is -2.24. The van der Waals surface area contributed by atoms with Crippen molar-refractivity contribution >= 4 is 17.8 Å². The van der Waals surface area contributed by atoms with Crippen LogP contribution in [-0.4, -0.2) is 51.0 Å². The number of nitrogens with zero attached hydrogens (tertiary/aromatic N) is 1. The Kier molecular flexibility index (Phi) is 8.54. The van der Waals surface area contributed by atoms with Gasteiger partial charge in [0, 0.05) is 24.7 Å². The third-order valence-corrected chi connectivity index (χ3v) is 4.57. The molecule has 162 valence electrons. The Balaban J connectivity index is 2.03. The van der Waals surface area contributed by atoms with Gasteiger partial charge in [-0.2, -0.15) is 0 Å². The van der Waals surface area contributed by atoms with Crippen molar-refractivity contribution in [3.63, 3.8) is 0 Å². The topological polar surface area (TPSA) is 150 Å². The Hall–Kier alpha value is -3.20. The van der Waals surface area contributed by atoms with E-state index in [4.69, 9.17) is 5.73 Å². The van der Waals surface area contributed by atoms with E-state index in [0.29, 0.717) is 12.1 Å². The predicted octanol–water partition coefficient (Wildman–Crippen LogP) is 0.623. The van der Waals surface area contributed by atoms with E-state index in [1.165, 1.54) is 6.33 Å². The number of H-pyrrole nitrogens is 1. The molecule has 2 amide bonds. The van der Waals surface area contributed by atoms with Gasteiger partial charge in [0.1, 0.15) is 12.1 Å². The highest BCUT2D eigenvalue weighted by Crippen LogP contribution is 2.08. The number of benzene rings is 1. The summed E-state index contributed by atoms with van der Waals surface area (Å²) in [7, 11) is 0. The van der Waals surface area contributed by atoms with E-state index in [0.717, 1.165) is 5.56 Å². The number of aromatic amines is 1. The van der Waals surface area contributed by atoms with Crippen molar-refractivity contribution in [3.8, 4) is 0 Å². The number of carbonyl (C=O) groups excluding carboxylic acids is 2. The Morgan fingerprint density at radius 2 is 1.73 bits per heavy atom. The largest absolute Gasteiger partial charge is 0.480 e. The van der Waals surface area contributed by atoms with Crippen LogP contribution in [-0.2, 0) is 27.2 Å². The molecule has 1 aromatic heterocycles. The molecule has 3 atom stereocenters. The first-order valence-electron chi connectivity index (χ1n) is 9.86. The molecule has 0 bridgehead atoms. The Morgan fingerprint density at radius 1 is 1.07 bits per heavy atom. The molecule has 30 heavy (non-hydrogen) atoms. The number of carboxylic acid groups (broad SMARTS) is 1. The van der Waals surface area contributed by atoms with Crippen LogP contribution in [0.3, 0.4) is 0 Å². The highest BCUT2D eigenvalue weighted by atomic mass is 16.4. The van der Waals surface area contributed by atoms with Gasteiger partial charge in [-0.3, -0.25) is 9.59 Å². The van der Waals surface area contributed by atoms with Crippen LogP contribution in [0, 0.1) is 5.92 Å². The number of hydrogen-bond acceptors (Lipinski definition) is 5. The summed E-state index contributed by atoms with van der Waals surface area (Å²) in [4.78, 5) is 43.7. The summed E-state index contributed by atoms with van der Waals surface area (Å²) < 4.78 is 0. The molecule has 2 rings (SSSR count). The minimum absolute atomic E-state index is 0.0993. The number of nitrogens with two attached hydrogens (primary N) is 1. The molecule has 0 fully saturated rings. The maximum absolute atomic E-state index is 12.8. The second-order valence-corrected chi connectivity index (χ2v) is 7.67. The number of carbonyl (C=O) groups is 3. The number of amides is 2. The van der Waals surface area contributed by atoms with Crippen LogP contribution in [0.15, 0.2) is 42.9 Å². The van der Waals surface area contributed by atoms with Gasteiger partial charge in [0.05, 0.1) is 12.4 Å². The Bertz CT molecular complexity index is 823. The highest BCUT2D eigenvalue weighted by Gasteiger charge is 2.28. The first kappa shape index (κ1) is 23.1. The maximum atomic E-state index is 12.8. The van der Waals surface area contributed by atoms with Crippen LogP contribution in [0.1, 0.15) is 31.5 Å². The number of hydrogen-bond donors (Lipinski definition) is 5. The van der Waals surface area contributed by atoms with Crippen molar-refractivity contribution in [1.82, 2.24) is 20.6 Å². The summed E-state index contributed by atoms with van der Waals surface area (Å²) in [5.74, 6) is -2.07. The normalized spacial score (nSPS) is 14.0. The summed E-state index contributed by atoms with van der Waals surface area (Å²) in [6.45, 7) is 3.82. The SMILES string of the molecule is CC(C)C[C@H](NC(=O)[C@@H](N)Cc1cnc[nH]1)C(=O)N[C@@H](Cc1ccccc1)C(=O)O. The van der Waals surface area contributed by atoms with Crippen molar-refractivity contribution in [2.45, 2.75) is 51.2 Å². The van der Waals surface area contributed by atoms with E-state index in [2.05, 4.69) is 20.6 Å². The molecule has 2 aromatic rings. The van der Waals surface area contributed by atoms with Gasteiger partial charge < -0.3 is 26.5 Å². The van der Waals surface area contributed by atoms with Crippen molar-refractivity contribution in [2.75, 3.05) is 0 Å². The Labute approximate surface area is 175 Å².